The van der Waals surface area contributed by atoms with Gasteiger partial charge in [0.25, 0.3) is 0 Å². The normalized spacial score (nSPS) is 11.1. The molecule has 1 heterocycles. The predicted molar refractivity (Wildman–Crippen MR) is 95.8 cm³/mol. The lowest BCUT2D eigenvalue weighted by atomic mass is 9.95. The highest BCUT2D eigenvalue weighted by Crippen LogP contribution is 2.31. The number of carbonyl (C=O) groups is 1. The molecule has 0 aliphatic rings. The lowest BCUT2D eigenvalue weighted by Gasteiger charge is -2.08. The van der Waals surface area contributed by atoms with Crippen molar-refractivity contribution in [3.8, 4) is 5.75 Å². The second-order valence-electron chi connectivity index (χ2n) is 6.29. The molecule has 0 amide bonds. The maximum absolute atomic E-state index is 13.2. The Bertz CT molecular complexity index is 880. The number of aryl methyl sites for hydroxylation is 3. The zero-order valence-electron chi connectivity index (χ0n) is 14.3. The number of phenolic OH excluding ortho intramolecular Hbond substituents is 1. The zero-order valence-corrected chi connectivity index (χ0v) is 14.3. The van der Waals surface area contributed by atoms with Crippen molar-refractivity contribution in [3.63, 3.8) is 0 Å². The van der Waals surface area contributed by atoms with Gasteiger partial charge in [-0.1, -0.05) is 31.5 Å². The average molecular weight is 322 g/mol. The molecule has 0 aliphatic carbocycles. The van der Waals surface area contributed by atoms with Crippen LogP contribution in [-0.4, -0.2) is 10.9 Å². The number of rotatable bonds is 5. The Morgan fingerprint density at radius 1 is 1.12 bits per heavy atom. The van der Waals surface area contributed by atoms with Crippen LogP contribution in [0.2, 0.25) is 0 Å². The van der Waals surface area contributed by atoms with Gasteiger partial charge in [0, 0.05) is 17.4 Å². The van der Waals surface area contributed by atoms with Gasteiger partial charge >= 0.3 is 0 Å². The smallest absolute Gasteiger partial charge is 0.197 e. The molecule has 1 N–H and O–H groups in total. The Morgan fingerprint density at radius 2 is 1.79 bits per heavy atom. The molecular weight excluding hydrogens is 300 g/mol. The molecule has 0 bridgehead atoms. The minimum Gasteiger partial charge on any atom is -0.507 e. The third-order valence-corrected chi connectivity index (χ3v) is 4.41. The lowest BCUT2D eigenvalue weighted by Crippen LogP contribution is -2.05. The first-order valence-corrected chi connectivity index (χ1v) is 8.38. The van der Waals surface area contributed by atoms with E-state index in [1.54, 1.807) is 12.1 Å². The Hall–Kier alpha value is -2.55. The van der Waals surface area contributed by atoms with Crippen molar-refractivity contribution < 1.29 is 14.3 Å². The lowest BCUT2D eigenvalue weighted by molar-refractivity contribution is 0.103. The van der Waals surface area contributed by atoms with Crippen LogP contribution in [0.5, 0.6) is 5.75 Å². The molecule has 0 saturated heterocycles. The second kappa shape index (κ2) is 6.52. The van der Waals surface area contributed by atoms with Gasteiger partial charge in [0.2, 0.25) is 0 Å². The number of ketones is 1. The van der Waals surface area contributed by atoms with E-state index in [-0.39, 0.29) is 11.5 Å². The topological polar surface area (TPSA) is 50.4 Å². The van der Waals surface area contributed by atoms with Gasteiger partial charge in [0.1, 0.15) is 17.1 Å². The van der Waals surface area contributed by atoms with Crippen LogP contribution in [0.4, 0.5) is 0 Å². The fourth-order valence-corrected chi connectivity index (χ4v) is 3.09. The van der Waals surface area contributed by atoms with Gasteiger partial charge in [-0.25, -0.2) is 0 Å². The quantitative estimate of drug-likeness (QED) is 0.646. The first-order valence-electron chi connectivity index (χ1n) is 8.38. The summed E-state index contributed by atoms with van der Waals surface area (Å²) < 4.78 is 5.96. The number of para-hydroxylation sites is 1. The third kappa shape index (κ3) is 2.82. The zero-order chi connectivity index (χ0) is 17.3. The van der Waals surface area contributed by atoms with Crippen molar-refractivity contribution in [2.75, 3.05) is 0 Å². The maximum atomic E-state index is 13.2. The molecule has 124 valence electrons. The van der Waals surface area contributed by atoms with Crippen molar-refractivity contribution in [3.05, 3.63) is 64.4 Å². The number of fused-ring (bicyclic) bond motifs is 1. The number of unbranched alkanes of at least 4 members (excludes halogenated alkanes) is 1. The highest BCUT2D eigenvalue weighted by atomic mass is 16.3. The molecule has 0 atom stereocenters. The minimum absolute atomic E-state index is 0.0442. The fraction of sp³-hybridized carbons (Fsp3) is 0.286. The molecule has 0 aliphatic heterocycles. The van der Waals surface area contributed by atoms with E-state index in [0.717, 1.165) is 36.0 Å². The van der Waals surface area contributed by atoms with E-state index in [2.05, 4.69) is 6.92 Å². The Balaban J connectivity index is 2.15. The van der Waals surface area contributed by atoms with E-state index in [1.807, 2.05) is 38.1 Å². The molecule has 3 rings (SSSR count). The summed E-state index contributed by atoms with van der Waals surface area (Å²) in [7, 11) is 0. The van der Waals surface area contributed by atoms with Crippen LogP contribution in [-0.2, 0) is 6.42 Å². The van der Waals surface area contributed by atoms with E-state index in [1.165, 1.54) is 0 Å². The van der Waals surface area contributed by atoms with Crippen molar-refractivity contribution in [2.24, 2.45) is 0 Å². The van der Waals surface area contributed by atoms with Crippen LogP contribution in [0.25, 0.3) is 11.0 Å². The fourth-order valence-electron chi connectivity index (χ4n) is 3.09. The van der Waals surface area contributed by atoms with E-state index in [4.69, 9.17) is 4.42 Å². The van der Waals surface area contributed by atoms with Crippen LogP contribution in [0.3, 0.4) is 0 Å². The monoisotopic (exact) mass is 322 g/mol. The molecule has 2 aromatic carbocycles. The van der Waals surface area contributed by atoms with Crippen LogP contribution in [0, 0.1) is 13.8 Å². The number of carbonyl (C=O) groups excluding carboxylic acids is 1. The Morgan fingerprint density at radius 3 is 2.46 bits per heavy atom. The average Bonchev–Trinajstić information content (AvgIpc) is 2.95. The van der Waals surface area contributed by atoms with Gasteiger partial charge in [-0.2, -0.15) is 0 Å². The van der Waals surface area contributed by atoms with Crippen molar-refractivity contribution >= 4 is 16.8 Å². The summed E-state index contributed by atoms with van der Waals surface area (Å²) in [6.45, 7) is 5.74. The number of furan rings is 1. The molecule has 3 nitrogen and oxygen atoms in total. The third-order valence-electron chi connectivity index (χ3n) is 4.41. The highest BCUT2D eigenvalue weighted by Gasteiger charge is 2.22. The standard InChI is InChI=1S/C21H22O3/c1-4-5-9-18-19(16-8-6-7-10-17(16)24-18)21(23)15-11-13(2)20(22)14(3)12-15/h6-8,10-12,22H,4-5,9H2,1-3H3. The van der Waals surface area contributed by atoms with Crippen LogP contribution in [0.15, 0.2) is 40.8 Å². The Labute approximate surface area is 141 Å². The molecule has 3 aromatic rings. The van der Waals surface area contributed by atoms with Gasteiger partial charge in [-0.15, -0.1) is 0 Å². The summed E-state index contributed by atoms with van der Waals surface area (Å²) in [4.78, 5) is 13.2. The van der Waals surface area contributed by atoms with E-state index in [9.17, 15) is 9.90 Å². The predicted octanol–water partition coefficient (Wildman–Crippen LogP) is 5.33. The second-order valence-corrected chi connectivity index (χ2v) is 6.29. The van der Waals surface area contributed by atoms with E-state index >= 15 is 0 Å². The highest BCUT2D eigenvalue weighted by molar-refractivity contribution is 6.17. The largest absolute Gasteiger partial charge is 0.507 e. The van der Waals surface area contributed by atoms with Gasteiger partial charge in [0.15, 0.2) is 5.78 Å². The SMILES string of the molecule is CCCCc1oc2ccccc2c1C(=O)c1cc(C)c(O)c(C)c1. The summed E-state index contributed by atoms with van der Waals surface area (Å²) in [6.07, 6.45) is 2.78. The molecule has 24 heavy (non-hydrogen) atoms. The van der Waals surface area contributed by atoms with Crippen LogP contribution < -0.4 is 0 Å². The van der Waals surface area contributed by atoms with E-state index in [0.29, 0.717) is 22.3 Å². The minimum atomic E-state index is -0.0442. The molecule has 3 heteroatoms. The van der Waals surface area contributed by atoms with Crippen molar-refractivity contribution in [1.82, 2.24) is 0 Å². The van der Waals surface area contributed by atoms with Gasteiger partial charge in [-0.05, 0) is 49.6 Å². The molecule has 0 radical (unpaired) electrons. The summed E-state index contributed by atoms with van der Waals surface area (Å²) in [5.74, 6) is 0.957. The summed E-state index contributed by atoms with van der Waals surface area (Å²) >= 11 is 0. The van der Waals surface area contributed by atoms with Crippen molar-refractivity contribution in [1.29, 1.82) is 0 Å². The summed E-state index contributed by atoms with van der Waals surface area (Å²) in [5, 5.41) is 10.8. The number of hydrogen-bond acceptors (Lipinski definition) is 3. The van der Waals surface area contributed by atoms with Crippen molar-refractivity contribution in [2.45, 2.75) is 40.0 Å². The molecule has 0 unspecified atom stereocenters. The van der Waals surface area contributed by atoms with Gasteiger partial charge in [-0.3, -0.25) is 4.79 Å². The molecule has 0 spiro atoms. The summed E-state index contributed by atoms with van der Waals surface area (Å²) in [5.41, 5.74) is 3.41. The van der Waals surface area contributed by atoms with Gasteiger partial charge in [0.05, 0.1) is 5.56 Å². The molecule has 1 aromatic heterocycles. The first-order chi connectivity index (χ1) is 11.5. The maximum Gasteiger partial charge on any atom is 0.197 e. The Kier molecular flexibility index (Phi) is 4.43. The number of benzene rings is 2. The van der Waals surface area contributed by atoms with E-state index < -0.39 is 0 Å². The molecule has 0 fully saturated rings. The number of aromatic hydroxyl groups is 1. The van der Waals surface area contributed by atoms with Crippen LogP contribution >= 0.6 is 0 Å². The van der Waals surface area contributed by atoms with Gasteiger partial charge < -0.3 is 9.52 Å². The summed E-state index contributed by atoms with van der Waals surface area (Å²) in [6, 6.07) is 11.2. The first kappa shape index (κ1) is 16.3. The molecule has 0 saturated carbocycles. The molecular formula is C21H22O3. The van der Waals surface area contributed by atoms with Crippen LogP contribution in [0.1, 0.15) is 52.6 Å². The number of phenols is 1. The number of hydrogen-bond donors (Lipinski definition) is 1.